The minimum absolute atomic E-state index is 0.0254. The van der Waals surface area contributed by atoms with Crippen LogP contribution in [0.3, 0.4) is 0 Å². The maximum atomic E-state index is 12.2. The van der Waals surface area contributed by atoms with E-state index in [-0.39, 0.29) is 5.91 Å². The van der Waals surface area contributed by atoms with Gasteiger partial charge in [-0.05, 0) is 56.2 Å². The first-order valence-corrected chi connectivity index (χ1v) is 7.72. The van der Waals surface area contributed by atoms with Crippen molar-refractivity contribution in [1.82, 2.24) is 5.32 Å². The van der Waals surface area contributed by atoms with Crippen LogP contribution in [0, 0.1) is 11.8 Å². The second kappa shape index (κ2) is 5.65. The van der Waals surface area contributed by atoms with Crippen LogP contribution >= 0.6 is 11.6 Å². The number of ether oxygens (including phenoxy) is 1. The average molecular weight is 294 g/mol. The molecule has 1 aromatic carbocycles. The van der Waals surface area contributed by atoms with Crippen LogP contribution in [0.2, 0.25) is 5.02 Å². The fourth-order valence-electron chi connectivity index (χ4n) is 3.52. The lowest BCUT2D eigenvalue weighted by Crippen LogP contribution is -2.44. The van der Waals surface area contributed by atoms with E-state index in [4.69, 9.17) is 16.3 Å². The van der Waals surface area contributed by atoms with Crippen LogP contribution in [0.15, 0.2) is 24.3 Å². The lowest BCUT2D eigenvalue weighted by molar-refractivity contribution is -0.128. The average Bonchev–Trinajstić information content (AvgIpc) is 3.01. The molecule has 20 heavy (non-hydrogen) atoms. The van der Waals surface area contributed by atoms with Gasteiger partial charge in [-0.2, -0.15) is 0 Å². The Bertz CT molecular complexity index is 505. The maximum absolute atomic E-state index is 12.2. The Balaban J connectivity index is 1.54. The molecule has 0 spiro atoms. The molecule has 0 aliphatic heterocycles. The second-order valence-corrected chi connectivity index (χ2v) is 6.44. The third-order valence-corrected chi connectivity index (χ3v) is 4.78. The highest BCUT2D eigenvalue weighted by atomic mass is 35.5. The molecule has 108 valence electrons. The highest BCUT2D eigenvalue weighted by Crippen LogP contribution is 2.44. The van der Waals surface area contributed by atoms with Crippen LogP contribution in [-0.2, 0) is 4.79 Å². The molecule has 0 heterocycles. The first-order chi connectivity index (χ1) is 9.61. The fourth-order valence-corrected chi connectivity index (χ4v) is 3.70. The Morgan fingerprint density at radius 3 is 2.90 bits per heavy atom. The van der Waals surface area contributed by atoms with Crippen molar-refractivity contribution in [2.24, 2.45) is 11.8 Å². The number of halogens is 1. The molecular formula is C16H20ClNO2. The van der Waals surface area contributed by atoms with Gasteiger partial charge in [-0.1, -0.05) is 24.1 Å². The van der Waals surface area contributed by atoms with Gasteiger partial charge in [-0.25, -0.2) is 0 Å². The molecule has 0 aromatic heterocycles. The van der Waals surface area contributed by atoms with E-state index in [0.717, 1.165) is 12.3 Å². The zero-order chi connectivity index (χ0) is 14.1. The molecule has 1 amide bonds. The summed E-state index contributed by atoms with van der Waals surface area (Å²) >= 11 is 5.91. The number of hydrogen-bond donors (Lipinski definition) is 1. The van der Waals surface area contributed by atoms with Gasteiger partial charge in [-0.3, -0.25) is 4.79 Å². The van der Waals surface area contributed by atoms with Crippen LogP contribution in [0.25, 0.3) is 0 Å². The number of benzene rings is 1. The van der Waals surface area contributed by atoms with Gasteiger partial charge in [0.05, 0.1) is 0 Å². The molecule has 2 aliphatic carbocycles. The van der Waals surface area contributed by atoms with Crippen molar-refractivity contribution in [2.75, 3.05) is 0 Å². The lowest BCUT2D eigenvalue weighted by atomic mass is 9.95. The molecule has 2 saturated carbocycles. The number of carbonyl (C=O) groups excluding carboxylic acids is 1. The molecule has 4 heteroatoms. The number of rotatable bonds is 4. The molecular weight excluding hydrogens is 274 g/mol. The van der Waals surface area contributed by atoms with Crippen molar-refractivity contribution in [3.63, 3.8) is 0 Å². The SMILES string of the molecule is C[C@@H](Oc1cccc(Cl)c1)C(=O)N[C@H]1C[C@@H]2CC[C@@H]1C2. The van der Waals surface area contributed by atoms with Crippen LogP contribution in [-0.4, -0.2) is 18.1 Å². The molecule has 2 bridgehead atoms. The van der Waals surface area contributed by atoms with E-state index >= 15 is 0 Å². The summed E-state index contributed by atoms with van der Waals surface area (Å²) in [6, 6.07) is 7.49. The van der Waals surface area contributed by atoms with Crippen molar-refractivity contribution in [1.29, 1.82) is 0 Å². The highest BCUT2D eigenvalue weighted by molar-refractivity contribution is 6.30. The van der Waals surface area contributed by atoms with E-state index < -0.39 is 6.10 Å². The van der Waals surface area contributed by atoms with E-state index in [1.54, 1.807) is 19.1 Å². The minimum atomic E-state index is -0.493. The van der Waals surface area contributed by atoms with Gasteiger partial charge in [0.1, 0.15) is 5.75 Å². The molecule has 0 saturated heterocycles. The summed E-state index contributed by atoms with van der Waals surface area (Å²) in [6.45, 7) is 1.78. The zero-order valence-corrected chi connectivity index (χ0v) is 12.4. The Morgan fingerprint density at radius 2 is 2.25 bits per heavy atom. The first-order valence-electron chi connectivity index (χ1n) is 7.34. The van der Waals surface area contributed by atoms with Gasteiger partial charge >= 0.3 is 0 Å². The minimum Gasteiger partial charge on any atom is -0.481 e. The van der Waals surface area contributed by atoms with E-state index in [0.29, 0.717) is 22.7 Å². The number of nitrogens with one attached hydrogen (secondary N) is 1. The molecule has 0 unspecified atom stereocenters. The van der Waals surface area contributed by atoms with Gasteiger partial charge in [0.25, 0.3) is 5.91 Å². The molecule has 1 aromatic rings. The van der Waals surface area contributed by atoms with Crippen molar-refractivity contribution in [2.45, 2.75) is 44.8 Å². The number of amides is 1. The Morgan fingerprint density at radius 1 is 1.40 bits per heavy atom. The third-order valence-electron chi connectivity index (χ3n) is 4.54. The van der Waals surface area contributed by atoms with Gasteiger partial charge in [0.15, 0.2) is 6.10 Å². The maximum Gasteiger partial charge on any atom is 0.261 e. The van der Waals surface area contributed by atoms with E-state index in [9.17, 15) is 4.79 Å². The zero-order valence-electron chi connectivity index (χ0n) is 11.6. The summed E-state index contributed by atoms with van der Waals surface area (Å²) in [6.07, 6.45) is 4.53. The summed E-state index contributed by atoms with van der Waals surface area (Å²) in [5, 5.41) is 3.76. The second-order valence-electron chi connectivity index (χ2n) is 6.01. The Hall–Kier alpha value is -1.22. The molecule has 3 nitrogen and oxygen atoms in total. The normalized spacial score (nSPS) is 29.2. The van der Waals surface area contributed by atoms with Crippen LogP contribution in [0.4, 0.5) is 0 Å². The van der Waals surface area contributed by atoms with Gasteiger partial charge in [0.2, 0.25) is 0 Å². The largest absolute Gasteiger partial charge is 0.481 e. The van der Waals surface area contributed by atoms with Crippen LogP contribution in [0.5, 0.6) is 5.75 Å². The molecule has 2 aliphatic rings. The Labute approximate surface area is 124 Å². The van der Waals surface area contributed by atoms with Gasteiger partial charge in [-0.15, -0.1) is 0 Å². The van der Waals surface area contributed by atoms with E-state index in [1.807, 2.05) is 12.1 Å². The smallest absolute Gasteiger partial charge is 0.261 e. The monoisotopic (exact) mass is 293 g/mol. The summed E-state index contributed by atoms with van der Waals surface area (Å²) in [5.41, 5.74) is 0. The molecule has 0 radical (unpaired) electrons. The quantitative estimate of drug-likeness (QED) is 0.924. The summed E-state index contributed by atoms with van der Waals surface area (Å²) in [4.78, 5) is 12.2. The molecule has 4 atom stereocenters. The lowest BCUT2D eigenvalue weighted by Gasteiger charge is -2.24. The molecule has 1 N–H and O–H groups in total. The Kier molecular flexibility index (Phi) is 3.88. The van der Waals surface area contributed by atoms with Crippen molar-refractivity contribution in [3.8, 4) is 5.75 Å². The highest BCUT2D eigenvalue weighted by Gasteiger charge is 2.40. The predicted octanol–water partition coefficient (Wildman–Crippen LogP) is 3.41. The molecule has 3 rings (SSSR count). The summed E-state index contributed by atoms with van der Waals surface area (Å²) in [5.74, 6) is 2.12. The third kappa shape index (κ3) is 2.93. The van der Waals surface area contributed by atoms with Crippen LogP contribution in [0.1, 0.15) is 32.6 Å². The van der Waals surface area contributed by atoms with Crippen molar-refractivity contribution < 1.29 is 9.53 Å². The topological polar surface area (TPSA) is 38.3 Å². The van der Waals surface area contributed by atoms with Crippen LogP contribution < -0.4 is 10.1 Å². The standard InChI is InChI=1S/C16H20ClNO2/c1-10(20-14-4-2-3-13(17)9-14)16(19)18-15-8-11-5-6-12(15)7-11/h2-4,9-12,15H,5-8H2,1H3,(H,18,19)/t10-,11-,12-,15+/m1/s1. The number of hydrogen-bond acceptors (Lipinski definition) is 2. The summed E-state index contributed by atoms with van der Waals surface area (Å²) in [7, 11) is 0. The van der Waals surface area contributed by atoms with Crippen molar-refractivity contribution in [3.05, 3.63) is 29.3 Å². The summed E-state index contributed by atoms with van der Waals surface area (Å²) < 4.78 is 5.65. The first kappa shape index (κ1) is 13.7. The number of carbonyl (C=O) groups is 1. The fraction of sp³-hybridized carbons (Fsp3) is 0.562. The van der Waals surface area contributed by atoms with Gasteiger partial charge < -0.3 is 10.1 Å². The van der Waals surface area contributed by atoms with Crippen molar-refractivity contribution >= 4 is 17.5 Å². The van der Waals surface area contributed by atoms with Gasteiger partial charge in [0, 0.05) is 11.1 Å². The number of fused-ring (bicyclic) bond motifs is 2. The van der Waals surface area contributed by atoms with E-state index in [1.165, 1.54) is 19.3 Å². The van der Waals surface area contributed by atoms with E-state index in [2.05, 4.69) is 5.32 Å². The molecule has 2 fully saturated rings. The predicted molar refractivity (Wildman–Crippen MR) is 78.9 cm³/mol.